The molecule has 0 fully saturated rings. The predicted molar refractivity (Wildman–Crippen MR) is 120 cm³/mol. The predicted octanol–water partition coefficient (Wildman–Crippen LogP) is 3.75. The topological polar surface area (TPSA) is 67.8 Å². The fraction of sp³-hybridized carbons (Fsp3) is 0.400. The number of nitrogens with zero attached hydrogens (tertiary/aromatic N) is 2. The summed E-state index contributed by atoms with van der Waals surface area (Å²) in [5.74, 6) is 2.26. The van der Waals surface area contributed by atoms with E-state index < -0.39 is 0 Å². The number of pyridine rings is 1. The van der Waals surface area contributed by atoms with E-state index in [4.69, 9.17) is 9.47 Å². The Labute approximate surface area is 178 Å². The third-order valence-electron chi connectivity index (χ3n) is 3.68. The van der Waals surface area contributed by atoms with E-state index in [0.29, 0.717) is 38.1 Å². The lowest BCUT2D eigenvalue weighted by Gasteiger charge is -2.15. The van der Waals surface area contributed by atoms with Crippen LogP contribution >= 0.6 is 24.0 Å². The molecule has 148 valence electrons. The van der Waals surface area contributed by atoms with Gasteiger partial charge in [-0.3, -0.25) is 4.99 Å². The van der Waals surface area contributed by atoms with E-state index in [2.05, 4.69) is 27.5 Å². The minimum Gasteiger partial charge on any atom is -0.494 e. The zero-order valence-corrected chi connectivity index (χ0v) is 18.5. The lowest BCUT2D eigenvalue weighted by atomic mass is 10.2. The molecule has 2 rings (SSSR count). The molecule has 0 spiro atoms. The molecule has 0 saturated heterocycles. The molecule has 0 aliphatic heterocycles. The minimum atomic E-state index is 0. The third kappa shape index (κ3) is 7.62. The summed E-state index contributed by atoms with van der Waals surface area (Å²) in [4.78, 5) is 8.58. The molecule has 2 N–H and O–H groups in total. The van der Waals surface area contributed by atoms with E-state index in [1.807, 2.05) is 43.3 Å². The number of aliphatic imine (C=N–C) groups is 1. The van der Waals surface area contributed by atoms with Crippen LogP contribution in [0.4, 0.5) is 0 Å². The Morgan fingerprint density at radius 2 is 1.70 bits per heavy atom. The second kappa shape index (κ2) is 13.2. The van der Waals surface area contributed by atoms with E-state index in [0.717, 1.165) is 23.3 Å². The van der Waals surface area contributed by atoms with Crippen LogP contribution in [0.1, 0.15) is 31.4 Å². The molecule has 6 nitrogen and oxygen atoms in total. The van der Waals surface area contributed by atoms with Gasteiger partial charge >= 0.3 is 0 Å². The van der Waals surface area contributed by atoms with Crippen LogP contribution in [0.2, 0.25) is 0 Å². The fourth-order valence-electron chi connectivity index (χ4n) is 2.41. The molecular weight excluding hydrogens is 455 g/mol. The SMILES string of the molecule is CCCOc1ncccc1CNC(=NC)NCc1ccccc1OCC.I. The highest BCUT2D eigenvalue weighted by Crippen LogP contribution is 2.17. The van der Waals surface area contributed by atoms with E-state index >= 15 is 0 Å². The Balaban J connectivity index is 0.00000364. The van der Waals surface area contributed by atoms with Gasteiger partial charge in [-0.05, 0) is 25.5 Å². The number of halogens is 1. The molecule has 2 aromatic rings. The smallest absolute Gasteiger partial charge is 0.218 e. The largest absolute Gasteiger partial charge is 0.494 e. The summed E-state index contributed by atoms with van der Waals surface area (Å²) in [6, 6.07) is 11.9. The molecule has 0 saturated carbocycles. The van der Waals surface area contributed by atoms with Crippen molar-refractivity contribution >= 4 is 29.9 Å². The summed E-state index contributed by atoms with van der Waals surface area (Å²) in [5.41, 5.74) is 2.09. The molecule has 0 aliphatic carbocycles. The molecule has 0 unspecified atom stereocenters. The number of guanidine groups is 1. The second-order valence-corrected chi connectivity index (χ2v) is 5.64. The van der Waals surface area contributed by atoms with Gasteiger partial charge < -0.3 is 20.1 Å². The fourth-order valence-corrected chi connectivity index (χ4v) is 2.41. The maximum absolute atomic E-state index is 5.70. The summed E-state index contributed by atoms with van der Waals surface area (Å²) < 4.78 is 11.4. The van der Waals surface area contributed by atoms with Crippen molar-refractivity contribution in [1.82, 2.24) is 15.6 Å². The van der Waals surface area contributed by atoms with Crippen molar-refractivity contribution in [2.45, 2.75) is 33.4 Å². The van der Waals surface area contributed by atoms with Crippen molar-refractivity contribution in [3.63, 3.8) is 0 Å². The number of aromatic nitrogens is 1. The first-order valence-electron chi connectivity index (χ1n) is 9.00. The Morgan fingerprint density at radius 1 is 1.00 bits per heavy atom. The van der Waals surface area contributed by atoms with Gasteiger partial charge in [0.25, 0.3) is 0 Å². The molecule has 1 aromatic carbocycles. The first-order valence-corrected chi connectivity index (χ1v) is 9.00. The van der Waals surface area contributed by atoms with Gasteiger partial charge in [-0.25, -0.2) is 4.98 Å². The van der Waals surface area contributed by atoms with Crippen LogP contribution in [-0.4, -0.2) is 31.2 Å². The number of ether oxygens (including phenoxy) is 2. The molecule has 1 aromatic heterocycles. The van der Waals surface area contributed by atoms with Crippen LogP contribution in [0.3, 0.4) is 0 Å². The molecule has 0 radical (unpaired) electrons. The van der Waals surface area contributed by atoms with Gasteiger partial charge in [-0.1, -0.05) is 31.2 Å². The Hall–Kier alpha value is -2.03. The van der Waals surface area contributed by atoms with E-state index in [1.165, 1.54) is 0 Å². The number of benzene rings is 1. The van der Waals surface area contributed by atoms with Gasteiger partial charge in [0, 0.05) is 37.5 Å². The average Bonchev–Trinajstić information content (AvgIpc) is 2.68. The summed E-state index contributed by atoms with van der Waals surface area (Å²) in [6.07, 6.45) is 2.69. The molecule has 1 heterocycles. The van der Waals surface area contributed by atoms with E-state index in [9.17, 15) is 0 Å². The van der Waals surface area contributed by atoms with E-state index in [-0.39, 0.29) is 24.0 Å². The number of hydrogen-bond acceptors (Lipinski definition) is 4. The highest BCUT2D eigenvalue weighted by molar-refractivity contribution is 14.0. The third-order valence-corrected chi connectivity index (χ3v) is 3.68. The second-order valence-electron chi connectivity index (χ2n) is 5.64. The zero-order valence-electron chi connectivity index (χ0n) is 16.2. The van der Waals surface area contributed by atoms with Crippen LogP contribution in [-0.2, 0) is 13.1 Å². The maximum atomic E-state index is 5.70. The molecule has 0 aliphatic rings. The summed E-state index contributed by atoms with van der Waals surface area (Å²) in [7, 11) is 1.75. The van der Waals surface area contributed by atoms with Crippen LogP contribution in [0, 0.1) is 0 Å². The van der Waals surface area contributed by atoms with Crippen molar-refractivity contribution in [2.75, 3.05) is 20.3 Å². The van der Waals surface area contributed by atoms with Gasteiger partial charge in [-0.2, -0.15) is 0 Å². The van der Waals surface area contributed by atoms with Crippen LogP contribution in [0.25, 0.3) is 0 Å². The molecular formula is C20H29IN4O2. The van der Waals surface area contributed by atoms with E-state index in [1.54, 1.807) is 13.2 Å². The van der Waals surface area contributed by atoms with Gasteiger partial charge in [0.05, 0.1) is 13.2 Å². The lowest BCUT2D eigenvalue weighted by molar-refractivity contribution is 0.301. The summed E-state index contributed by atoms with van der Waals surface area (Å²) >= 11 is 0. The molecule has 0 amide bonds. The number of para-hydroxylation sites is 1. The maximum Gasteiger partial charge on any atom is 0.218 e. The van der Waals surface area contributed by atoms with Crippen LogP contribution in [0.15, 0.2) is 47.6 Å². The van der Waals surface area contributed by atoms with Crippen molar-refractivity contribution in [1.29, 1.82) is 0 Å². The monoisotopic (exact) mass is 484 g/mol. The minimum absolute atomic E-state index is 0. The van der Waals surface area contributed by atoms with Gasteiger partial charge in [-0.15, -0.1) is 24.0 Å². The summed E-state index contributed by atoms with van der Waals surface area (Å²) in [5, 5.41) is 6.62. The van der Waals surface area contributed by atoms with Crippen molar-refractivity contribution in [2.24, 2.45) is 4.99 Å². The quantitative estimate of drug-likeness (QED) is 0.323. The molecule has 0 bridgehead atoms. The molecule has 7 heteroatoms. The molecule has 0 atom stereocenters. The van der Waals surface area contributed by atoms with Crippen molar-refractivity contribution < 1.29 is 9.47 Å². The van der Waals surface area contributed by atoms with Crippen molar-refractivity contribution in [3.05, 3.63) is 53.7 Å². The van der Waals surface area contributed by atoms with Gasteiger partial charge in [0.1, 0.15) is 5.75 Å². The number of nitrogens with one attached hydrogen (secondary N) is 2. The number of hydrogen-bond donors (Lipinski definition) is 2. The standard InChI is InChI=1S/C20H28N4O2.HI/c1-4-13-26-19-17(10-8-12-22-19)15-24-20(21-3)23-14-16-9-6-7-11-18(16)25-5-2;/h6-12H,4-5,13-15H2,1-3H3,(H2,21,23,24);1H. The van der Waals surface area contributed by atoms with Crippen LogP contribution < -0.4 is 20.1 Å². The highest BCUT2D eigenvalue weighted by atomic mass is 127. The highest BCUT2D eigenvalue weighted by Gasteiger charge is 2.07. The number of rotatable bonds is 9. The molecule has 27 heavy (non-hydrogen) atoms. The first kappa shape index (κ1) is 23.0. The normalized spacial score (nSPS) is 10.7. The van der Waals surface area contributed by atoms with Crippen LogP contribution in [0.5, 0.6) is 11.6 Å². The van der Waals surface area contributed by atoms with Gasteiger partial charge in [0.15, 0.2) is 5.96 Å². The Kier molecular flexibility index (Phi) is 11.2. The van der Waals surface area contributed by atoms with Gasteiger partial charge in [0.2, 0.25) is 5.88 Å². The van der Waals surface area contributed by atoms with Crippen molar-refractivity contribution in [3.8, 4) is 11.6 Å². The average molecular weight is 484 g/mol. The summed E-state index contributed by atoms with van der Waals surface area (Å²) in [6.45, 7) is 6.57. The Bertz CT molecular complexity index is 710. The Morgan fingerprint density at radius 3 is 2.41 bits per heavy atom. The zero-order chi connectivity index (χ0) is 18.6. The lowest BCUT2D eigenvalue weighted by Crippen LogP contribution is -2.36. The first-order chi connectivity index (χ1) is 12.8.